The van der Waals surface area contributed by atoms with E-state index < -0.39 is 34.4 Å². The first-order valence-electron chi connectivity index (χ1n) is 11.8. The topological polar surface area (TPSA) is 86.8 Å². The van der Waals surface area contributed by atoms with E-state index in [0.29, 0.717) is 26.3 Å². The van der Waals surface area contributed by atoms with Gasteiger partial charge in [0.25, 0.3) is 10.0 Å². The van der Waals surface area contributed by atoms with Gasteiger partial charge in [0, 0.05) is 34.2 Å². The van der Waals surface area contributed by atoms with Crippen LogP contribution in [-0.2, 0) is 26.2 Å². The van der Waals surface area contributed by atoms with Crippen LogP contribution in [0.2, 0.25) is 15.1 Å². The number of anilines is 1. The Kier molecular flexibility index (Phi) is 10.1. The Labute approximate surface area is 238 Å². The van der Waals surface area contributed by atoms with Crippen molar-refractivity contribution in [2.75, 3.05) is 17.9 Å². The molecule has 0 aliphatic rings. The van der Waals surface area contributed by atoms with Crippen molar-refractivity contribution < 1.29 is 18.0 Å². The molecule has 202 valence electrons. The average molecular weight is 597 g/mol. The van der Waals surface area contributed by atoms with Gasteiger partial charge in [-0.25, -0.2) is 8.42 Å². The second-order valence-corrected chi connectivity index (χ2v) is 11.7. The van der Waals surface area contributed by atoms with Crippen molar-refractivity contribution in [2.45, 2.75) is 37.8 Å². The molecule has 7 nitrogen and oxygen atoms in total. The van der Waals surface area contributed by atoms with E-state index in [1.54, 1.807) is 49.4 Å². The van der Waals surface area contributed by atoms with Gasteiger partial charge in [-0.1, -0.05) is 65.5 Å². The van der Waals surface area contributed by atoms with Gasteiger partial charge in [-0.15, -0.1) is 0 Å². The summed E-state index contributed by atoms with van der Waals surface area (Å²) in [5.41, 5.74) is 1.67. The number of amides is 2. The van der Waals surface area contributed by atoms with E-state index in [1.807, 2.05) is 6.92 Å². The molecule has 1 atom stereocenters. The molecule has 0 bridgehead atoms. The number of sulfonamides is 1. The number of halogens is 3. The van der Waals surface area contributed by atoms with Gasteiger partial charge in [0.1, 0.15) is 12.6 Å². The standard InChI is InChI=1S/C27H28Cl3N3O4S/c1-4-25(27(35)31-3)32(16-22-23(29)6-5-7-24(22)30)26(34)17-33(20-12-8-18(2)9-13-20)38(36,37)21-14-10-19(28)11-15-21/h5-15,25H,4,16-17H2,1-3H3,(H,31,35). The van der Waals surface area contributed by atoms with Crippen molar-refractivity contribution in [1.29, 1.82) is 0 Å². The van der Waals surface area contributed by atoms with Crippen LogP contribution < -0.4 is 9.62 Å². The Balaban J connectivity index is 2.09. The smallest absolute Gasteiger partial charge is 0.264 e. The number of carbonyl (C=O) groups is 2. The second-order valence-electron chi connectivity index (χ2n) is 8.56. The quantitative estimate of drug-likeness (QED) is 0.325. The van der Waals surface area contributed by atoms with Gasteiger partial charge in [-0.05, 0) is 61.9 Å². The van der Waals surface area contributed by atoms with Crippen molar-refractivity contribution in [3.63, 3.8) is 0 Å². The lowest BCUT2D eigenvalue weighted by Gasteiger charge is -2.33. The van der Waals surface area contributed by atoms with Crippen LogP contribution in [0.25, 0.3) is 0 Å². The molecule has 38 heavy (non-hydrogen) atoms. The van der Waals surface area contributed by atoms with Crippen molar-refractivity contribution >= 4 is 62.3 Å². The van der Waals surface area contributed by atoms with Crippen molar-refractivity contribution in [3.8, 4) is 0 Å². The molecule has 0 aliphatic carbocycles. The number of carbonyl (C=O) groups excluding carboxylic acids is 2. The molecule has 3 aromatic rings. The van der Waals surface area contributed by atoms with Gasteiger partial charge in [-0.2, -0.15) is 0 Å². The van der Waals surface area contributed by atoms with E-state index in [2.05, 4.69) is 5.32 Å². The summed E-state index contributed by atoms with van der Waals surface area (Å²) in [6.07, 6.45) is 0.280. The van der Waals surface area contributed by atoms with Crippen LogP contribution in [0.15, 0.2) is 71.6 Å². The second kappa shape index (κ2) is 12.8. The van der Waals surface area contributed by atoms with E-state index in [0.717, 1.165) is 9.87 Å². The number of aryl methyl sites for hydroxylation is 1. The van der Waals surface area contributed by atoms with Crippen molar-refractivity contribution in [2.24, 2.45) is 0 Å². The number of hydrogen-bond acceptors (Lipinski definition) is 4. The number of hydrogen-bond donors (Lipinski definition) is 1. The third kappa shape index (κ3) is 6.80. The van der Waals surface area contributed by atoms with E-state index in [1.165, 1.54) is 36.2 Å². The first-order chi connectivity index (χ1) is 18.0. The maximum Gasteiger partial charge on any atom is 0.264 e. The normalized spacial score (nSPS) is 12.1. The highest BCUT2D eigenvalue weighted by Gasteiger charge is 2.34. The molecular weight excluding hydrogens is 569 g/mol. The number of rotatable bonds is 10. The minimum absolute atomic E-state index is 0.0330. The molecule has 11 heteroatoms. The molecule has 0 saturated heterocycles. The molecule has 0 aromatic heterocycles. The summed E-state index contributed by atoms with van der Waals surface area (Å²) in [4.78, 5) is 28.0. The zero-order valence-electron chi connectivity index (χ0n) is 21.1. The maximum atomic E-state index is 13.9. The van der Waals surface area contributed by atoms with Gasteiger partial charge in [0.05, 0.1) is 10.6 Å². The van der Waals surface area contributed by atoms with Gasteiger partial charge in [0.2, 0.25) is 11.8 Å². The van der Waals surface area contributed by atoms with Gasteiger partial charge < -0.3 is 10.2 Å². The van der Waals surface area contributed by atoms with Gasteiger partial charge >= 0.3 is 0 Å². The lowest BCUT2D eigenvalue weighted by Crippen LogP contribution is -2.51. The Morgan fingerprint density at radius 1 is 0.921 bits per heavy atom. The zero-order valence-corrected chi connectivity index (χ0v) is 24.2. The van der Waals surface area contributed by atoms with E-state index in [4.69, 9.17) is 34.8 Å². The molecule has 0 heterocycles. The lowest BCUT2D eigenvalue weighted by molar-refractivity contribution is -0.140. The highest BCUT2D eigenvalue weighted by Crippen LogP contribution is 2.29. The van der Waals surface area contributed by atoms with Gasteiger partial charge in [0.15, 0.2) is 0 Å². The van der Waals surface area contributed by atoms with Crippen LogP contribution >= 0.6 is 34.8 Å². The van der Waals surface area contributed by atoms with Crippen LogP contribution in [0.5, 0.6) is 0 Å². The molecule has 0 spiro atoms. The number of nitrogens with zero attached hydrogens (tertiary/aromatic N) is 2. The fourth-order valence-electron chi connectivity index (χ4n) is 3.91. The van der Waals surface area contributed by atoms with Crippen LogP contribution in [-0.4, -0.2) is 44.8 Å². The number of nitrogens with one attached hydrogen (secondary N) is 1. The molecule has 3 rings (SSSR count). The highest BCUT2D eigenvalue weighted by molar-refractivity contribution is 7.92. The van der Waals surface area contributed by atoms with E-state index in [9.17, 15) is 18.0 Å². The lowest BCUT2D eigenvalue weighted by atomic mass is 10.1. The summed E-state index contributed by atoms with van der Waals surface area (Å²) in [6, 6.07) is 16.5. The molecule has 1 unspecified atom stereocenters. The Bertz CT molecular complexity index is 1380. The highest BCUT2D eigenvalue weighted by atomic mass is 35.5. The zero-order chi connectivity index (χ0) is 28.0. The molecular formula is C27H28Cl3N3O4S. The molecule has 0 radical (unpaired) electrons. The largest absolute Gasteiger partial charge is 0.357 e. The number of likely N-dealkylation sites (N-methyl/N-ethyl adjacent to an activating group) is 1. The van der Waals surface area contributed by atoms with Crippen LogP contribution in [0, 0.1) is 6.92 Å². The predicted octanol–water partition coefficient (Wildman–Crippen LogP) is 5.70. The first kappa shape index (κ1) is 29.8. The fourth-order valence-corrected chi connectivity index (χ4v) is 5.97. The van der Waals surface area contributed by atoms with E-state index >= 15 is 0 Å². The minimum atomic E-state index is -4.19. The fraction of sp³-hybridized carbons (Fsp3) is 0.259. The third-order valence-electron chi connectivity index (χ3n) is 6.02. The molecule has 0 fully saturated rings. The molecule has 3 aromatic carbocycles. The summed E-state index contributed by atoms with van der Waals surface area (Å²) in [5.74, 6) is -0.999. The third-order valence-corrected chi connectivity index (χ3v) is 8.77. The summed E-state index contributed by atoms with van der Waals surface area (Å²) in [7, 11) is -2.71. The van der Waals surface area contributed by atoms with Crippen molar-refractivity contribution in [3.05, 3.63) is 92.9 Å². The van der Waals surface area contributed by atoms with Crippen LogP contribution in [0.3, 0.4) is 0 Å². The van der Waals surface area contributed by atoms with Crippen LogP contribution in [0.4, 0.5) is 5.69 Å². The Morgan fingerprint density at radius 2 is 1.50 bits per heavy atom. The molecule has 0 aliphatic heterocycles. The minimum Gasteiger partial charge on any atom is -0.357 e. The first-order valence-corrected chi connectivity index (χ1v) is 14.4. The summed E-state index contributed by atoms with van der Waals surface area (Å²) >= 11 is 18.7. The van der Waals surface area contributed by atoms with Gasteiger partial charge in [-0.3, -0.25) is 13.9 Å². The predicted molar refractivity (Wildman–Crippen MR) is 152 cm³/mol. The average Bonchev–Trinajstić information content (AvgIpc) is 2.89. The van der Waals surface area contributed by atoms with E-state index in [-0.39, 0.29) is 17.9 Å². The summed E-state index contributed by atoms with van der Waals surface area (Å²) in [6.45, 7) is 2.98. The summed E-state index contributed by atoms with van der Waals surface area (Å²) < 4.78 is 28.6. The Morgan fingerprint density at radius 3 is 2.03 bits per heavy atom. The van der Waals surface area contributed by atoms with Crippen LogP contribution in [0.1, 0.15) is 24.5 Å². The Hall–Kier alpha value is -2.78. The van der Waals surface area contributed by atoms with Crippen molar-refractivity contribution in [1.82, 2.24) is 10.2 Å². The number of benzene rings is 3. The summed E-state index contributed by atoms with van der Waals surface area (Å²) in [5, 5.41) is 3.60. The molecule has 1 N–H and O–H groups in total. The SMILES string of the molecule is CCC(C(=O)NC)N(Cc1c(Cl)cccc1Cl)C(=O)CN(c1ccc(C)cc1)S(=O)(=O)c1ccc(Cl)cc1. The molecule has 2 amide bonds. The molecule has 0 saturated carbocycles. The monoisotopic (exact) mass is 595 g/mol. The maximum absolute atomic E-state index is 13.9.